The van der Waals surface area contributed by atoms with Crippen LogP contribution in [0.1, 0.15) is 65.2 Å². The summed E-state index contributed by atoms with van der Waals surface area (Å²) in [7, 11) is 0. The number of hydrogen-bond donors (Lipinski definition) is 1. The van der Waals surface area contributed by atoms with Crippen LogP contribution in [0, 0.1) is 5.92 Å². The molecule has 1 aliphatic rings. The number of hydrogen-bond acceptors (Lipinski definition) is 1. The highest BCUT2D eigenvalue weighted by atomic mass is 14.9. The van der Waals surface area contributed by atoms with Gasteiger partial charge in [0, 0.05) is 6.04 Å². The first-order chi connectivity index (χ1) is 6.86. The maximum absolute atomic E-state index is 3.58. The zero-order chi connectivity index (χ0) is 10.2. The van der Waals surface area contributed by atoms with Crippen molar-refractivity contribution < 1.29 is 0 Å². The molecule has 1 saturated carbocycles. The Bertz CT molecular complexity index is 133. The van der Waals surface area contributed by atoms with E-state index in [0.717, 1.165) is 18.5 Å². The second-order valence-corrected chi connectivity index (χ2v) is 4.78. The van der Waals surface area contributed by atoms with E-state index < -0.39 is 0 Å². The quantitative estimate of drug-likeness (QED) is 0.613. The first kappa shape index (κ1) is 12.0. The van der Waals surface area contributed by atoms with Crippen LogP contribution in [0.25, 0.3) is 0 Å². The third-order valence-electron chi connectivity index (χ3n) is 3.50. The van der Waals surface area contributed by atoms with E-state index in [2.05, 4.69) is 19.2 Å². The van der Waals surface area contributed by atoms with Crippen molar-refractivity contribution in [3.8, 4) is 0 Å². The topological polar surface area (TPSA) is 12.0 Å². The van der Waals surface area contributed by atoms with Gasteiger partial charge in [0.1, 0.15) is 0 Å². The largest absolute Gasteiger partial charge is 0.314 e. The van der Waals surface area contributed by atoms with Gasteiger partial charge in [-0.15, -0.1) is 0 Å². The summed E-state index contributed by atoms with van der Waals surface area (Å²) in [6.45, 7) is 5.65. The van der Waals surface area contributed by atoms with E-state index in [1.165, 1.54) is 51.4 Å². The Labute approximate surface area is 89.7 Å². The van der Waals surface area contributed by atoms with Crippen molar-refractivity contribution in [2.45, 2.75) is 71.3 Å². The van der Waals surface area contributed by atoms with E-state index >= 15 is 0 Å². The second kappa shape index (κ2) is 7.28. The van der Waals surface area contributed by atoms with Crippen LogP contribution in [0.4, 0.5) is 0 Å². The molecule has 0 spiro atoms. The van der Waals surface area contributed by atoms with Gasteiger partial charge in [0.15, 0.2) is 0 Å². The number of rotatable bonds is 7. The van der Waals surface area contributed by atoms with Gasteiger partial charge in [0.25, 0.3) is 0 Å². The molecule has 1 fully saturated rings. The molecule has 0 aromatic rings. The van der Waals surface area contributed by atoms with Crippen LogP contribution in [-0.2, 0) is 0 Å². The van der Waals surface area contributed by atoms with Crippen LogP contribution in [0.2, 0.25) is 0 Å². The van der Waals surface area contributed by atoms with Crippen LogP contribution in [0.15, 0.2) is 0 Å². The summed E-state index contributed by atoms with van der Waals surface area (Å²) >= 11 is 0. The normalized spacial score (nSPS) is 27.0. The molecule has 0 heterocycles. The van der Waals surface area contributed by atoms with E-state index in [1.807, 2.05) is 0 Å². The minimum absolute atomic E-state index is 0.844. The van der Waals surface area contributed by atoms with Crippen molar-refractivity contribution in [3.63, 3.8) is 0 Å². The van der Waals surface area contributed by atoms with Crippen molar-refractivity contribution in [2.75, 3.05) is 6.54 Å². The lowest BCUT2D eigenvalue weighted by atomic mass is 9.99. The van der Waals surface area contributed by atoms with Gasteiger partial charge in [-0.25, -0.2) is 0 Å². The summed E-state index contributed by atoms with van der Waals surface area (Å²) in [6, 6.07) is 0.844. The SMILES string of the molecule is CCCCCCC1CCC(NCC)C1. The predicted molar refractivity (Wildman–Crippen MR) is 63.6 cm³/mol. The molecule has 0 saturated heterocycles. The van der Waals surface area contributed by atoms with Crippen LogP contribution >= 0.6 is 0 Å². The molecule has 1 N–H and O–H groups in total. The Morgan fingerprint density at radius 3 is 2.64 bits per heavy atom. The van der Waals surface area contributed by atoms with Crippen LogP contribution < -0.4 is 5.32 Å². The van der Waals surface area contributed by atoms with Crippen molar-refractivity contribution >= 4 is 0 Å². The zero-order valence-electron chi connectivity index (χ0n) is 10.0. The summed E-state index contributed by atoms with van der Waals surface area (Å²) < 4.78 is 0. The standard InChI is InChI=1S/C13H27N/c1-3-5-6-7-8-12-9-10-13(11-12)14-4-2/h12-14H,3-11H2,1-2H3. The molecular weight excluding hydrogens is 170 g/mol. The summed E-state index contributed by atoms with van der Waals surface area (Å²) in [5.74, 6) is 1.04. The van der Waals surface area contributed by atoms with Gasteiger partial charge < -0.3 is 5.32 Å². The Morgan fingerprint density at radius 1 is 1.07 bits per heavy atom. The Kier molecular flexibility index (Phi) is 6.25. The van der Waals surface area contributed by atoms with E-state index in [-0.39, 0.29) is 0 Å². The van der Waals surface area contributed by atoms with Crippen LogP contribution in [0.5, 0.6) is 0 Å². The average Bonchev–Trinajstić information content (AvgIpc) is 2.61. The molecule has 84 valence electrons. The molecule has 1 aliphatic carbocycles. The second-order valence-electron chi connectivity index (χ2n) is 4.78. The van der Waals surface area contributed by atoms with E-state index in [9.17, 15) is 0 Å². The van der Waals surface area contributed by atoms with Crippen LogP contribution in [-0.4, -0.2) is 12.6 Å². The first-order valence-corrected chi connectivity index (χ1v) is 6.60. The fourth-order valence-corrected chi connectivity index (χ4v) is 2.67. The minimum Gasteiger partial charge on any atom is -0.314 e. The molecule has 0 aromatic heterocycles. The molecule has 0 aliphatic heterocycles. The van der Waals surface area contributed by atoms with Crippen molar-refractivity contribution in [2.24, 2.45) is 5.92 Å². The van der Waals surface area contributed by atoms with Crippen molar-refractivity contribution in [1.29, 1.82) is 0 Å². The van der Waals surface area contributed by atoms with Gasteiger partial charge in [-0.3, -0.25) is 0 Å². The van der Waals surface area contributed by atoms with Crippen LogP contribution in [0.3, 0.4) is 0 Å². The third-order valence-corrected chi connectivity index (χ3v) is 3.50. The molecular formula is C13H27N. The van der Waals surface area contributed by atoms with Crippen molar-refractivity contribution in [3.05, 3.63) is 0 Å². The minimum atomic E-state index is 0.844. The monoisotopic (exact) mass is 197 g/mol. The maximum Gasteiger partial charge on any atom is 0.00696 e. The fourth-order valence-electron chi connectivity index (χ4n) is 2.67. The molecule has 0 aromatic carbocycles. The van der Waals surface area contributed by atoms with Crippen molar-refractivity contribution in [1.82, 2.24) is 5.32 Å². The lowest BCUT2D eigenvalue weighted by molar-refractivity contribution is 0.446. The Balaban J connectivity index is 1.98. The van der Waals surface area contributed by atoms with Gasteiger partial charge in [0.2, 0.25) is 0 Å². The highest BCUT2D eigenvalue weighted by Crippen LogP contribution is 2.29. The predicted octanol–water partition coefficient (Wildman–Crippen LogP) is 3.74. The van der Waals surface area contributed by atoms with Gasteiger partial charge >= 0.3 is 0 Å². The van der Waals surface area contributed by atoms with E-state index in [1.54, 1.807) is 0 Å². The molecule has 2 unspecified atom stereocenters. The Hall–Kier alpha value is -0.0400. The highest BCUT2D eigenvalue weighted by Gasteiger charge is 2.22. The smallest absolute Gasteiger partial charge is 0.00696 e. The van der Waals surface area contributed by atoms with Gasteiger partial charge in [-0.2, -0.15) is 0 Å². The fraction of sp³-hybridized carbons (Fsp3) is 1.00. The summed E-state index contributed by atoms with van der Waals surface area (Å²) in [5.41, 5.74) is 0. The molecule has 0 radical (unpaired) electrons. The maximum atomic E-state index is 3.58. The lowest BCUT2D eigenvalue weighted by Gasteiger charge is -2.11. The van der Waals surface area contributed by atoms with Gasteiger partial charge in [-0.1, -0.05) is 46.0 Å². The summed E-state index contributed by atoms with van der Waals surface area (Å²) in [5, 5.41) is 3.58. The third kappa shape index (κ3) is 4.45. The molecule has 14 heavy (non-hydrogen) atoms. The molecule has 1 rings (SSSR count). The van der Waals surface area contributed by atoms with E-state index in [0.29, 0.717) is 0 Å². The van der Waals surface area contributed by atoms with E-state index in [4.69, 9.17) is 0 Å². The Morgan fingerprint density at radius 2 is 1.93 bits per heavy atom. The molecule has 1 heteroatoms. The lowest BCUT2D eigenvalue weighted by Crippen LogP contribution is -2.25. The zero-order valence-corrected chi connectivity index (χ0v) is 10.0. The van der Waals surface area contributed by atoms with Gasteiger partial charge in [0.05, 0.1) is 0 Å². The van der Waals surface area contributed by atoms with Gasteiger partial charge in [-0.05, 0) is 31.7 Å². The number of nitrogens with one attached hydrogen (secondary N) is 1. The highest BCUT2D eigenvalue weighted by molar-refractivity contribution is 4.79. The first-order valence-electron chi connectivity index (χ1n) is 6.60. The summed E-state index contributed by atoms with van der Waals surface area (Å²) in [4.78, 5) is 0. The molecule has 2 atom stereocenters. The molecule has 0 amide bonds. The average molecular weight is 197 g/mol. The number of unbranched alkanes of at least 4 members (excludes halogenated alkanes) is 3. The molecule has 0 bridgehead atoms. The molecule has 1 nitrogen and oxygen atoms in total. The summed E-state index contributed by atoms with van der Waals surface area (Å²) in [6.07, 6.45) is 11.6.